The number of amides is 1. The molecule has 3 aromatic rings. The lowest BCUT2D eigenvalue weighted by Crippen LogP contribution is -2.62. The Kier molecular flexibility index (Phi) is 7.05. The zero-order chi connectivity index (χ0) is 24.9. The van der Waals surface area contributed by atoms with Gasteiger partial charge in [0.05, 0.1) is 36.8 Å². The van der Waals surface area contributed by atoms with Crippen LogP contribution in [0.3, 0.4) is 0 Å². The first-order valence-corrected chi connectivity index (χ1v) is 12.1. The third kappa shape index (κ3) is 5.44. The van der Waals surface area contributed by atoms with E-state index in [1.807, 2.05) is 11.1 Å². The molecule has 36 heavy (non-hydrogen) atoms. The maximum Gasteiger partial charge on any atom is 0.324 e. The largest absolute Gasteiger partial charge is 0.861 e. The van der Waals surface area contributed by atoms with Crippen molar-refractivity contribution in [3.8, 4) is 0 Å². The molecule has 2 aliphatic heterocycles. The van der Waals surface area contributed by atoms with Crippen molar-refractivity contribution < 1.29 is 28.3 Å². The summed E-state index contributed by atoms with van der Waals surface area (Å²) in [6.07, 6.45) is 3.11. The normalized spacial score (nSPS) is 17.7. The van der Waals surface area contributed by atoms with Crippen molar-refractivity contribution in [3.05, 3.63) is 77.9 Å². The molecule has 1 aromatic heterocycles. The molecule has 1 amide bonds. The molecule has 0 aliphatic carbocycles. The van der Waals surface area contributed by atoms with Gasteiger partial charge in [0.2, 0.25) is 5.27 Å². The lowest BCUT2D eigenvalue weighted by molar-refractivity contribution is -0.759. The number of carbonyl (C=O) groups is 1. The van der Waals surface area contributed by atoms with Gasteiger partial charge in [0.25, 0.3) is 12.1 Å². The van der Waals surface area contributed by atoms with Crippen LogP contribution in [0.15, 0.2) is 81.0 Å². The van der Waals surface area contributed by atoms with Gasteiger partial charge in [-0.1, -0.05) is 42.1 Å². The first-order chi connectivity index (χ1) is 17.6. The van der Waals surface area contributed by atoms with Crippen molar-refractivity contribution in [3.63, 3.8) is 0 Å². The van der Waals surface area contributed by atoms with Crippen LogP contribution in [0.5, 0.6) is 0 Å². The molecule has 0 unspecified atom stereocenters. The fourth-order valence-electron chi connectivity index (χ4n) is 3.57. The minimum atomic E-state index is -0.468. The van der Waals surface area contributed by atoms with Gasteiger partial charge in [0, 0.05) is 5.75 Å². The summed E-state index contributed by atoms with van der Waals surface area (Å²) in [7, 11) is 0. The number of halogens is 1. The first-order valence-electron chi connectivity index (χ1n) is 11.1. The number of ether oxygens (including phenoxy) is 1. The van der Waals surface area contributed by atoms with Crippen LogP contribution in [0.25, 0.3) is 6.08 Å². The molecule has 0 saturated carbocycles. The number of aromatic nitrogens is 2. The summed E-state index contributed by atoms with van der Waals surface area (Å²) in [4.78, 5) is 24.6. The van der Waals surface area contributed by atoms with Gasteiger partial charge >= 0.3 is 5.88 Å². The molecular formula is C24H21FN6O4S. The lowest BCUT2D eigenvalue weighted by Gasteiger charge is -2.18. The number of amidine groups is 1. The number of rotatable bonds is 6. The third-order valence-corrected chi connectivity index (χ3v) is 6.22. The molecule has 0 bridgehead atoms. The van der Waals surface area contributed by atoms with Crippen LogP contribution < -0.4 is 19.8 Å². The Balaban J connectivity index is 1.33. The average molecular weight is 509 g/mol. The van der Waals surface area contributed by atoms with Crippen LogP contribution >= 0.6 is 11.8 Å². The molecule has 1 fully saturated rings. The fourth-order valence-corrected chi connectivity index (χ4v) is 4.36. The number of hydrogen-bond donors (Lipinski definition) is 0. The number of nitrogens with zero attached hydrogens (tertiary/aromatic N) is 6. The standard InChI is InChI=1S/C24H21FN6O4S/c25-18-8-6-17(7-9-18)14-20-23(33)31(19-4-2-1-3-5-19)24(26-20)36-16-21(32)27-22-15-30(28-35-22)29-10-12-34-13-11-29/h1-9,14-15H,10-13,16H2/b20-14+. The number of anilines is 1. The second-order valence-corrected chi connectivity index (χ2v) is 8.72. The highest BCUT2D eigenvalue weighted by molar-refractivity contribution is 8.14. The van der Waals surface area contributed by atoms with Gasteiger partial charge in [-0.25, -0.2) is 14.4 Å². The third-order valence-electron chi connectivity index (χ3n) is 5.30. The van der Waals surface area contributed by atoms with E-state index in [-0.39, 0.29) is 29.1 Å². The molecule has 2 aliphatic rings. The molecule has 2 aromatic carbocycles. The van der Waals surface area contributed by atoms with E-state index in [1.54, 1.807) is 42.5 Å². The molecule has 1 saturated heterocycles. The van der Waals surface area contributed by atoms with Crippen LogP contribution in [0.1, 0.15) is 5.56 Å². The maximum absolute atomic E-state index is 13.3. The van der Waals surface area contributed by atoms with E-state index in [9.17, 15) is 14.3 Å². The van der Waals surface area contributed by atoms with Gasteiger partial charge in [-0.3, -0.25) is 14.2 Å². The zero-order valence-corrected chi connectivity index (χ0v) is 19.8. The van der Waals surface area contributed by atoms with Crippen LogP contribution in [0, 0.1) is 5.82 Å². The van der Waals surface area contributed by atoms with E-state index >= 15 is 0 Å². The molecule has 10 nitrogen and oxygen atoms in total. The highest BCUT2D eigenvalue weighted by atomic mass is 32.2. The summed E-state index contributed by atoms with van der Waals surface area (Å²) in [5.74, 6) is -1.18. The number of para-hydroxylation sites is 1. The minimum Gasteiger partial charge on any atom is -0.861 e. The van der Waals surface area contributed by atoms with Gasteiger partial charge in [-0.15, -0.1) is 5.01 Å². The lowest BCUT2D eigenvalue weighted by atomic mass is 10.2. The second kappa shape index (κ2) is 10.7. The predicted octanol–water partition coefficient (Wildman–Crippen LogP) is 1.64. The number of morpholine rings is 1. The molecular weight excluding hydrogens is 487 g/mol. The van der Waals surface area contributed by atoms with Crippen LogP contribution in [-0.4, -0.2) is 54.3 Å². The molecule has 5 rings (SSSR count). The van der Waals surface area contributed by atoms with Crippen LogP contribution in [0.2, 0.25) is 0 Å². The SMILES string of the molecule is O=C1/C(=C\c2ccc(F)cc2)N=C(SC/C([O-])=N/c2c[n+](N3CCOCC3)no2)N1c1ccccc1. The van der Waals surface area contributed by atoms with E-state index in [1.165, 1.54) is 28.0 Å². The van der Waals surface area contributed by atoms with Gasteiger partial charge in [-0.2, -0.15) is 0 Å². The monoisotopic (exact) mass is 508 g/mol. The summed E-state index contributed by atoms with van der Waals surface area (Å²) in [5.41, 5.74) is 1.43. The Morgan fingerprint density at radius 2 is 1.92 bits per heavy atom. The molecule has 12 heteroatoms. The number of hydrogen-bond acceptors (Lipinski definition) is 9. The number of carbonyl (C=O) groups excluding carboxylic acids is 1. The summed E-state index contributed by atoms with van der Waals surface area (Å²) in [6, 6.07) is 14.8. The van der Waals surface area contributed by atoms with Crippen LogP contribution in [-0.2, 0) is 9.53 Å². The quantitative estimate of drug-likeness (QED) is 0.215. The van der Waals surface area contributed by atoms with E-state index in [4.69, 9.17) is 9.26 Å². The van der Waals surface area contributed by atoms with Gasteiger partial charge in [-0.05, 0) is 41.8 Å². The average Bonchev–Trinajstić information content (AvgIpc) is 3.49. The van der Waals surface area contributed by atoms with Crippen molar-refractivity contribution in [2.75, 3.05) is 42.0 Å². The van der Waals surface area contributed by atoms with E-state index in [2.05, 4.69) is 15.3 Å². The molecule has 0 N–H and O–H groups in total. The number of aliphatic imine (C=N–C) groups is 2. The molecule has 0 atom stereocenters. The van der Waals surface area contributed by atoms with Gasteiger partial charge in [0.1, 0.15) is 11.5 Å². The highest BCUT2D eigenvalue weighted by Crippen LogP contribution is 2.29. The van der Waals surface area contributed by atoms with Crippen molar-refractivity contribution in [1.82, 2.24) is 5.27 Å². The Morgan fingerprint density at radius 1 is 1.17 bits per heavy atom. The number of thioether (sulfide) groups is 1. The van der Waals surface area contributed by atoms with E-state index in [0.717, 1.165) is 11.8 Å². The van der Waals surface area contributed by atoms with Crippen LogP contribution in [0.4, 0.5) is 16.0 Å². The first kappa shape index (κ1) is 23.7. The molecule has 3 heterocycles. The van der Waals surface area contributed by atoms with Crippen molar-refractivity contribution in [2.45, 2.75) is 0 Å². The molecule has 0 radical (unpaired) electrons. The van der Waals surface area contributed by atoms with E-state index < -0.39 is 5.90 Å². The maximum atomic E-state index is 13.3. The zero-order valence-electron chi connectivity index (χ0n) is 19.0. The Labute approximate surface area is 209 Å². The van der Waals surface area contributed by atoms with Crippen molar-refractivity contribution in [2.24, 2.45) is 9.98 Å². The summed E-state index contributed by atoms with van der Waals surface area (Å²) >= 11 is 1.08. The number of benzene rings is 2. The summed E-state index contributed by atoms with van der Waals surface area (Å²) < 4.78 is 23.7. The van der Waals surface area contributed by atoms with Gasteiger partial charge in [0.15, 0.2) is 5.17 Å². The van der Waals surface area contributed by atoms with E-state index in [0.29, 0.717) is 42.7 Å². The Bertz CT molecular complexity index is 1320. The summed E-state index contributed by atoms with van der Waals surface area (Å²) in [6.45, 7) is 2.46. The molecule has 184 valence electrons. The smallest absolute Gasteiger partial charge is 0.324 e. The Morgan fingerprint density at radius 3 is 2.67 bits per heavy atom. The highest BCUT2D eigenvalue weighted by Gasteiger charge is 2.32. The van der Waals surface area contributed by atoms with Crippen molar-refractivity contribution in [1.29, 1.82) is 0 Å². The molecule has 0 spiro atoms. The summed E-state index contributed by atoms with van der Waals surface area (Å²) in [5, 5.41) is 18.7. The van der Waals surface area contributed by atoms with Gasteiger partial charge < -0.3 is 9.84 Å². The minimum absolute atomic E-state index is 0.0719. The fraction of sp³-hybridized carbons (Fsp3) is 0.208. The van der Waals surface area contributed by atoms with Crippen molar-refractivity contribution >= 4 is 46.4 Å². The predicted molar refractivity (Wildman–Crippen MR) is 131 cm³/mol. The second-order valence-electron chi connectivity index (χ2n) is 7.77. The topological polar surface area (TPSA) is 110 Å². The Hall–Kier alpha value is -4.03.